The Kier molecular flexibility index (Phi) is 9.30. The minimum atomic E-state index is -1.47. The highest BCUT2D eigenvalue weighted by atomic mass is 16.6. The second-order valence-electron chi connectivity index (χ2n) is 13.4. The monoisotopic (exact) mass is 621 g/mol. The van der Waals surface area contributed by atoms with Gasteiger partial charge in [-0.05, 0) is 83.2 Å². The van der Waals surface area contributed by atoms with Gasteiger partial charge >= 0.3 is 11.9 Å². The van der Waals surface area contributed by atoms with Crippen LogP contribution in [0.2, 0.25) is 0 Å². The maximum absolute atomic E-state index is 13.7. The predicted octanol–water partition coefficient (Wildman–Crippen LogP) is 8.10. The molecule has 2 aromatic carbocycles. The number of likely N-dealkylation sites (N-methyl/N-ethyl adjacent to an activating group) is 1. The van der Waals surface area contributed by atoms with Crippen LogP contribution in [0.1, 0.15) is 79.4 Å². The normalized spacial score (nSPS) is 21.0. The zero-order chi connectivity index (χ0) is 33.3. The molecule has 0 bridgehead atoms. The summed E-state index contributed by atoms with van der Waals surface area (Å²) < 4.78 is 13.5. The van der Waals surface area contributed by atoms with E-state index in [-0.39, 0.29) is 36.9 Å². The van der Waals surface area contributed by atoms with Gasteiger partial charge in [-0.15, -0.1) is 0 Å². The topological polar surface area (TPSA) is 58.9 Å². The second-order valence-corrected chi connectivity index (χ2v) is 13.4. The highest BCUT2D eigenvalue weighted by molar-refractivity contribution is 6.04. The lowest BCUT2D eigenvalue weighted by Crippen LogP contribution is -2.44. The molecule has 0 N–H and O–H groups in total. The van der Waals surface area contributed by atoms with Crippen LogP contribution in [-0.4, -0.2) is 48.5 Å². The van der Waals surface area contributed by atoms with Crippen molar-refractivity contribution in [1.82, 2.24) is 0 Å². The van der Waals surface area contributed by atoms with Gasteiger partial charge < -0.3 is 14.4 Å². The molecule has 0 atom stereocenters. The molecule has 0 unspecified atom stereocenters. The summed E-state index contributed by atoms with van der Waals surface area (Å²) in [6.45, 7) is 18.9. The molecule has 2 aliphatic heterocycles. The number of esters is 2. The third-order valence-electron chi connectivity index (χ3n) is 9.86. The Morgan fingerprint density at radius 3 is 2.07 bits per heavy atom. The number of ether oxygens (including phenoxy) is 2. The van der Waals surface area contributed by atoms with Crippen LogP contribution in [0.15, 0.2) is 95.8 Å². The van der Waals surface area contributed by atoms with Gasteiger partial charge in [0.15, 0.2) is 11.1 Å². The van der Waals surface area contributed by atoms with Gasteiger partial charge in [0.1, 0.15) is 6.54 Å². The van der Waals surface area contributed by atoms with E-state index in [9.17, 15) is 9.59 Å². The number of hydrogen-bond donors (Lipinski definition) is 0. The number of para-hydroxylation sites is 2. The molecule has 242 valence electrons. The Morgan fingerprint density at radius 1 is 0.804 bits per heavy atom. The maximum atomic E-state index is 13.7. The highest BCUT2D eigenvalue weighted by Crippen LogP contribution is 2.48. The van der Waals surface area contributed by atoms with Crippen LogP contribution in [0.25, 0.3) is 0 Å². The molecule has 1 aliphatic carbocycles. The average Bonchev–Trinajstić information content (AvgIpc) is 3.40. The lowest BCUT2D eigenvalue weighted by molar-refractivity contribution is -0.433. The summed E-state index contributed by atoms with van der Waals surface area (Å²) >= 11 is 0. The van der Waals surface area contributed by atoms with Crippen molar-refractivity contribution >= 4 is 29.0 Å². The van der Waals surface area contributed by atoms with E-state index in [4.69, 9.17) is 9.47 Å². The number of allylic oxidation sites excluding steroid dienone is 8. The molecule has 0 saturated heterocycles. The Labute approximate surface area is 274 Å². The molecule has 0 amide bonds. The molecular weight excluding hydrogens is 572 g/mol. The molecule has 6 nitrogen and oxygen atoms in total. The third-order valence-corrected chi connectivity index (χ3v) is 9.86. The quantitative estimate of drug-likeness (QED) is 0.161. The first-order valence-electron chi connectivity index (χ1n) is 16.7. The van der Waals surface area contributed by atoms with Crippen LogP contribution in [0.4, 0.5) is 11.4 Å². The molecule has 3 aliphatic rings. The van der Waals surface area contributed by atoms with Crippen LogP contribution in [0, 0.1) is 5.41 Å². The van der Waals surface area contributed by atoms with Gasteiger partial charge in [-0.2, -0.15) is 4.58 Å². The minimum absolute atomic E-state index is 0.186. The van der Waals surface area contributed by atoms with Crippen LogP contribution in [0.3, 0.4) is 0 Å². The number of nitrogens with zero attached hydrogens (tertiary/aromatic N) is 2. The number of benzene rings is 2. The van der Waals surface area contributed by atoms with Gasteiger partial charge in [-0.25, -0.2) is 0 Å². The molecule has 6 heteroatoms. The van der Waals surface area contributed by atoms with Crippen LogP contribution >= 0.6 is 0 Å². The van der Waals surface area contributed by atoms with E-state index in [1.165, 1.54) is 33.9 Å². The van der Waals surface area contributed by atoms with Gasteiger partial charge in [0.25, 0.3) is 0 Å². The molecule has 0 saturated carbocycles. The summed E-state index contributed by atoms with van der Waals surface area (Å²) in [6, 6.07) is 17.1. The van der Waals surface area contributed by atoms with Crippen molar-refractivity contribution in [2.75, 3.05) is 31.2 Å². The van der Waals surface area contributed by atoms with Crippen molar-refractivity contribution in [3.63, 3.8) is 0 Å². The molecule has 2 aromatic rings. The van der Waals surface area contributed by atoms with Gasteiger partial charge in [0, 0.05) is 41.1 Å². The fraction of sp³-hybridized carbons (Fsp3) is 0.425. The summed E-state index contributed by atoms with van der Waals surface area (Å²) in [4.78, 5) is 29.8. The smallest absolute Gasteiger partial charge is 0.324 e. The van der Waals surface area contributed by atoms with E-state index in [2.05, 4.69) is 130 Å². The van der Waals surface area contributed by atoms with Crippen LogP contribution < -0.4 is 4.90 Å². The van der Waals surface area contributed by atoms with E-state index >= 15 is 0 Å². The largest absolute Gasteiger partial charge is 0.465 e. The molecular formula is C40H49N2O4+. The SMILES string of the molecule is CCOC(=O)C1(C(=O)OCC)CC(/C=C/C2=[N+](CC)c3ccccc3C2(C)C)=CC(=C/C=C2/N(CC)c3ccccc3C2(C)C)/C1. The molecule has 46 heavy (non-hydrogen) atoms. The van der Waals surface area contributed by atoms with E-state index in [1.54, 1.807) is 13.8 Å². The summed E-state index contributed by atoms with van der Waals surface area (Å²) in [7, 11) is 0. The first kappa shape index (κ1) is 33.2. The summed E-state index contributed by atoms with van der Waals surface area (Å²) in [5.74, 6) is -1.07. The molecule has 5 rings (SSSR count). The van der Waals surface area contributed by atoms with Gasteiger partial charge in [-0.3, -0.25) is 9.59 Å². The first-order chi connectivity index (χ1) is 22.0. The zero-order valence-corrected chi connectivity index (χ0v) is 28.8. The fourth-order valence-electron chi connectivity index (χ4n) is 7.56. The second kappa shape index (κ2) is 12.9. The van der Waals surface area contributed by atoms with Crippen molar-refractivity contribution in [2.45, 2.75) is 79.1 Å². The Hall–Kier alpha value is -4.19. The number of carbonyl (C=O) groups excluding carboxylic acids is 2. The van der Waals surface area contributed by atoms with Gasteiger partial charge in [0.05, 0.1) is 18.6 Å². The number of hydrogen-bond acceptors (Lipinski definition) is 5. The predicted molar refractivity (Wildman–Crippen MR) is 186 cm³/mol. The molecule has 2 heterocycles. The fourth-order valence-corrected chi connectivity index (χ4v) is 7.56. The molecule has 0 aromatic heterocycles. The Morgan fingerprint density at radius 2 is 1.43 bits per heavy atom. The van der Waals surface area contributed by atoms with Crippen molar-refractivity contribution in [3.05, 3.63) is 107 Å². The summed E-state index contributed by atoms with van der Waals surface area (Å²) in [6.07, 6.45) is 11.0. The van der Waals surface area contributed by atoms with Crippen molar-refractivity contribution in [2.24, 2.45) is 5.41 Å². The maximum Gasteiger partial charge on any atom is 0.324 e. The number of fused-ring (bicyclic) bond motifs is 2. The minimum Gasteiger partial charge on any atom is -0.465 e. The third kappa shape index (κ3) is 5.56. The average molecular weight is 622 g/mol. The van der Waals surface area contributed by atoms with E-state index < -0.39 is 17.4 Å². The number of carbonyl (C=O) groups is 2. The highest BCUT2D eigenvalue weighted by Gasteiger charge is 2.51. The lowest BCUT2D eigenvalue weighted by atomic mass is 9.71. The Balaban J connectivity index is 1.62. The number of rotatable bonds is 9. The Bertz CT molecular complexity index is 1670. The van der Waals surface area contributed by atoms with Gasteiger partial charge in [0.2, 0.25) is 5.69 Å². The van der Waals surface area contributed by atoms with Crippen molar-refractivity contribution in [3.8, 4) is 0 Å². The zero-order valence-electron chi connectivity index (χ0n) is 28.8. The van der Waals surface area contributed by atoms with Crippen LogP contribution in [0.5, 0.6) is 0 Å². The van der Waals surface area contributed by atoms with E-state index in [1.807, 2.05) is 0 Å². The number of anilines is 1. The molecule has 0 spiro atoms. The van der Waals surface area contributed by atoms with Crippen LogP contribution in [-0.2, 0) is 29.9 Å². The van der Waals surface area contributed by atoms with E-state index in [0.29, 0.717) is 0 Å². The molecule has 0 radical (unpaired) electrons. The molecule has 0 fully saturated rings. The summed E-state index contributed by atoms with van der Waals surface area (Å²) in [5, 5.41) is 0. The van der Waals surface area contributed by atoms with E-state index in [0.717, 1.165) is 24.2 Å². The summed E-state index contributed by atoms with van der Waals surface area (Å²) in [5.41, 5.74) is 7.26. The first-order valence-corrected chi connectivity index (χ1v) is 16.7. The van der Waals surface area contributed by atoms with Crippen molar-refractivity contribution in [1.29, 1.82) is 0 Å². The lowest BCUT2D eigenvalue weighted by Gasteiger charge is -2.33. The standard InChI is InChI=1S/C40H49N2O4/c1-9-41-32-19-15-13-17-30(32)38(5,6)34(41)23-21-28-25-29(27-40(26-28,36(43)45-11-3)37(44)46-12-4)22-24-35-39(7,8)31-18-14-16-20-33(31)42(35)10-2/h13-25H,9-12,26-27H2,1-8H3/q+1. The van der Waals surface area contributed by atoms with Crippen molar-refractivity contribution < 1.29 is 23.6 Å². The van der Waals surface area contributed by atoms with Gasteiger partial charge in [-0.1, -0.05) is 68.5 Å².